The predicted octanol–water partition coefficient (Wildman–Crippen LogP) is 1.12. The van der Waals surface area contributed by atoms with Crippen molar-refractivity contribution in [1.29, 1.82) is 0 Å². The lowest BCUT2D eigenvalue weighted by molar-refractivity contribution is -0.135. The van der Waals surface area contributed by atoms with Crippen LogP contribution in [0.1, 0.15) is 5.56 Å². The van der Waals surface area contributed by atoms with Crippen LogP contribution in [-0.2, 0) is 11.3 Å². The number of amides is 1. The van der Waals surface area contributed by atoms with Crippen molar-refractivity contribution >= 4 is 17.5 Å². The summed E-state index contributed by atoms with van der Waals surface area (Å²) < 4.78 is 13.3. The van der Waals surface area contributed by atoms with Crippen LogP contribution in [0.3, 0.4) is 0 Å². The average molecular weight is 287 g/mol. The van der Waals surface area contributed by atoms with Gasteiger partial charge in [0.05, 0.1) is 5.02 Å². The zero-order chi connectivity index (χ0) is 13.8. The molecule has 1 aliphatic rings. The van der Waals surface area contributed by atoms with Crippen molar-refractivity contribution in [2.75, 3.05) is 32.8 Å². The first-order chi connectivity index (χ1) is 9.10. The molecule has 0 atom stereocenters. The van der Waals surface area contributed by atoms with Gasteiger partial charge in [-0.1, -0.05) is 17.7 Å². The summed E-state index contributed by atoms with van der Waals surface area (Å²) in [7, 11) is 0. The van der Waals surface area contributed by atoms with Gasteiger partial charge >= 0.3 is 0 Å². The molecule has 104 valence electrons. The van der Waals surface area contributed by atoms with Gasteiger partial charge in [0, 0.05) is 32.7 Å². The fourth-order valence-electron chi connectivity index (χ4n) is 2.15. The summed E-state index contributed by atoms with van der Waals surface area (Å²) in [6, 6.07) is 4.79. The molecular formula is C13H16ClFN2O2. The fourth-order valence-corrected chi connectivity index (χ4v) is 2.27. The summed E-state index contributed by atoms with van der Waals surface area (Å²) in [6.07, 6.45) is 0. The molecule has 1 aromatic carbocycles. The Hall–Kier alpha value is -1.17. The molecule has 0 aromatic heterocycles. The van der Waals surface area contributed by atoms with Gasteiger partial charge in [0.25, 0.3) is 0 Å². The van der Waals surface area contributed by atoms with E-state index >= 15 is 0 Å². The Balaban J connectivity index is 1.88. The third-order valence-corrected chi connectivity index (χ3v) is 3.56. The molecule has 1 heterocycles. The van der Waals surface area contributed by atoms with Gasteiger partial charge in [0.2, 0.25) is 5.91 Å². The quantitative estimate of drug-likeness (QED) is 0.905. The van der Waals surface area contributed by atoms with E-state index in [0.717, 1.165) is 18.7 Å². The number of hydrogen-bond acceptors (Lipinski definition) is 3. The van der Waals surface area contributed by atoms with E-state index in [1.807, 2.05) is 0 Å². The molecule has 2 rings (SSSR count). The monoisotopic (exact) mass is 286 g/mol. The number of carbonyl (C=O) groups excluding carboxylic acids is 1. The molecule has 6 heteroatoms. The summed E-state index contributed by atoms with van der Waals surface area (Å²) >= 11 is 5.64. The second-order valence-electron chi connectivity index (χ2n) is 4.56. The fraction of sp³-hybridized carbons (Fsp3) is 0.462. The molecule has 0 spiro atoms. The predicted molar refractivity (Wildman–Crippen MR) is 70.4 cm³/mol. The van der Waals surface area contributed by atoms with Gasteiger partial charge < -0.3 is 10.0 Å². The third-order valence-electron chi connectivity index (χ3n) is 3.25. The van der Waals surface area contributed by atoms with Crippen molar-refractivity contribution in [2.24, 2.45) is 0 Å². The van der Waals surface area contributed by atoms with E-state index in [4.69, 9.17) is 16.7 Å². The van der Waals surface area contributed by atoms with Crippen LogP contribution in [0, 0.1) is 5.82 Å². The van der Waals surface area contributed by atoms with Crippen LogP contribution in [0.2, 0.25) is 5.02 Å². The average Bonchev–Trinajstić information content (AvgIpc) is 2.43. The summed E-state index contributed by atoms with van der Waals surface area (Å²) in [4.78, 5) is 15.1. The minimum Gasteiger partial charge on any atom is -0.387 e. The molecule has 0 bridgehead atoms. The Morgan fingerprint density at radius 1 is 1.32 bits per heavy atom. The van der Waals surface area contributed by atoms with Gasteiger partial charge in [-0.3, -0.25) is 9.69 Å². The first-order valence-corrected chi connectivity index (χ1v) is 6.53. The zero-order valence-electron chi connectivity index (χ0n) is 10.5. The van der Waals surface area contributed by atoms with Crippen molar-refractivity contribution in [2.45, 2.75) is 6.54 Å². The van der Waals surface area contributed by atoms with Crippen LogP contribution in [0.4, 0.5) is 4.39 Å². The van der Waals surface area contributed by atoms with Crippen LogP contribution in [0.15, 0.2) is 18.2 Å². The molecule has 19 heavy (non-hydrogen) atoms. The molecule has 1 fully saturated rings. The molecular weight excluding hydrogens is 271 g/mol. The van der Waals surface area contributed by atoms with Crippen molar-refractivity contribution in [3.8, 4) is 0 Å². The van der Waals surface area contributed by atoms with E-state index < -0.39 is 12.4 Å². The van der Waals surface area contributed by atoms with Crippen LogP contribution >= 0.6 is 11.6 Å². The Morgan fingerprint density at radius 2 is 2.00 bits per heavy atom. The largest absolute Gasteiger partial charge is 0.387 e. The normalized spacial score (nSPS) is 16.7. The molecule has 1 N–H and O–H groups in total. The van der Waals surface area contributed by atoms with Crippen LogP contribution < -0.4 is 0 Å². The summed E-state index contributed by atoms with van der Waals surface area (Å²) in [6.45, 7) is 2.81. The number of benzene rings is 1. The highest BCUT2D eigenvalue weighted by atomic mass is 35.5. The minimum absolute atomic E-state index is 0.127. The van der Waals surface area contributed by atoms with Gasteiger partial charge in [-0.05, 0) is 17.7 Å². The Morgan fingerprint density at radius 3 is 2.58 bits per heavy atom. The maximum absolute atomic E-state index is 13.3. The van der Waals surface area contributed by atoms with E-state index in [0.29, 0.717) is 19.6 Å². The number of aliphatic hydroxyl groups is 1. The van der Waals surface area contributed by atoms with Crippen LogP contribution in [-0.4, -0.2) is 53.6 Å². The van der Waals surface area contributed by atoms with Gasteiger partial charge in [0.1, 0.15) is 12.4 Å². The molecule has 1 aromatic rings. The van der Waals surface area contributed by atoms with Crippen molar-refractivity contribution in [3.05, 3.63) is 34.6 Å². The summed E-state index contributed by atoms with van der Waals surface area (Å²) in [5.41, 5.74) is 0.865. The van der Waals surface area contributed by atoms with Crippen molar-refractivity contribution in [3.63, 3.8) is 0 Å². The molecule has 0 aliphatic carbocycles. The van der Waals surface area contributed by atoms with Crippen LogP contribution in [0.25, 0.3) is 0 Å². The molecule has 0 saturated carbocycles. The second-order valence-corrected chi connectivity index (χ2v) is 4.97. The summed E-state index contributed by atoms with van der Waals surface area (Å²) in [5.74, 6) is -0.648. The lowest BCUT2D eigenvalue weighted by Gasteiger charge is -2.34. The van der Waals surface area contributed by atoms with E-state index in [9.17, 15) is 9.18 Å². The standard InChI is InChI=1S/C13H16ClFN2O2/c14-11-2-1-10(7-12(11)15)8-16-3-5-17(6-4-16)13(19)9-18/h1-2,7,18H,3-6,8-9H2. The second kappa shape index (κ2) is 6.32. The summed E-state index contributed by atoms with van der Waals surface area (Å²) in [5, 5.41) is 8.91. The molecule has 1 amide bonds. The molecule has 1 aliphatic heterocycles. The molecule has 1 saturated heterocycles. The highest BCUT2D eigenvalue weighted by Crippen LogP contribution is 2.17. The van der Waals surface area contributed by atoms with Crippen LogP contribution in [0.5, 0.6) is 0 Å². The lowest BCUT2D eigenvalue weighted by atomic mass is 10.2. The number of aliphatic hydroxyl groups excluding tert-OH is 1. The van der Waals surface area contributed by atoms with Crippen molar-refractivity contribution < 1.29 is 14.3 Å². The van der Waals surface area contributed by atoms with E-state index in [2.05, 4.69) is 4.90 Å². The molecule has 0 unspecified atom stereocenters. The Labute approximate surface area is 116 Å². The lowest BCUT2D eigenvalue weighted by Crippen LogP contribution is -2.49. The number of rotatable bonds is 3. The number of carbonyl (C=O) groups is 1. The number of halogens is 2. The SMILES string of the molecule is O=C(CO)N1CCN(Cc2ccc(Cl)c(F)c2)CC1. The first-order valence-electron chi connectivity index (χ1n) is 6.15. The highest BCUT2D eigenvalue weighted by Gasteiger charge is 2.20. The smallest absolute Gasteiger partial charge is 0.248 e. The van der Waals surface area contributed by atoms with Crippen molar-refractivity contribution in [1.82, 2.24) is 9.80 Å². The van der Waals surface area contributed by atoms with Gasteiger partial charge in [-0.2, -0.15) is 0 Å². The zero-order valence-corrected chi connectivity index (χ0v) is 11.2. The maximum Gasteiger partial charge on any atom is 0.248 e. The Bertz CT molecular complexity index is 462. The number of hydrogen-bond donors (Lipinski definition) is 1. The highest BCUT2D eigenvalue weighted by molar-refractivity contribution is 6.30. The first kappa shape index (κ1) is 14.2. The number of piperazine rings is 1. The molecule has 4 nitrogen and oxygen atoms in total. The molecule has 0 radical (unpaired) electrons. The van der Waals surface area contributed by atoms with Gasteiger partial charge in [0.15, 0.2) is 0 Å². The number of nitrogens with zero attached hydrogens (tertiary/aromatic N) is 2. The minimum atomic E-state index is -0.442. The van der Waals surface area contributed by atoms with E-state index in [-0.39, 0.29) is 10.9 Å². The van der Waals surface area contributed by atoms with Gasteiger partial charge in [-0.25, -0.2) is 4.39 Å². The van der Waals surface area contributed by atoms with E-state index in [1.54, 1.807) is 17.0 Å². The van der Waals surface area contributed by atoms with Gasteiger partial charge in [-0.15, -0.1) is 0 Å². The van der Waals surface area contributed by atoms with E-state index in [1.165, 1.54) is 6.07 Å². The maximum atomic E-state index is 13.3. The third kappa shape index (κ3) is 3.65. The Kier molecular flexibility index (Phi) is 4.74. The topological polar surface area (TPSA) is 43.8 Å².